The quantitative estimate of drug-likeness (QED) is 0.131. The van der Waals surface area contributed by atoms with Crippen LogP contribution in [0.2, 0.25) is 0 Å². The van der Waals surface area contributed by atoms with Gasteiger partial charge < -0.3 is 9.13 Å². The molecule has 0 N–H and O–H groups in total. The fourth-order valence-corrected chi connectivity index (χ4v) is 13.9. The molecule has 7 heteroatoms. The Kier molecular flexibility index (Phi) is 7.61. The van der Waals surface area contributed by atoms with Gasteiger partial charge >= 0.3 is 0 Å². The Morgan fingerprint density at radius 2 is 1.06 bits per heavy atom. The van der Waals surface area contributed by atoms with Crippen LogP contribution in [0.1, 0.15) is 5.56 Å². The minimum atomic E-state index is 0.416. The summed E-state index contributed by atoms with van der Waals surface area (Å²) >= 11 is 3.60. The second-order valence-electron chi connectivity index (χ2n) is 17.5. The van der Waals surface area contributed by atoms with Crippen molar-refractivity contribution in [3.05, 3.63) is 205 Å². The van der Waals surface area contributed by atoms with E-state index in [1.54, 1.807) is 22.7 Å². The second-order valence-corrected chi connectivity index (χ2v) is 19.6. The molecule has 68 heavy (non-hydrogen) atoms. The van der Waals surface area contributed by atoms with Crippen molar-refractivity contribution in [2.45, 2.75) is 0 Å². The predicted molar refractivity (Wildman–Crippen MR) is 287 cm³/mol. The number of aromatic nitrogens is 3. The van der Waals surface area contributed by atoms with Gasteiger partial charge in [-0.3, -0.25) is 4.98 Å². The molecule has 0 unspecified atom stereocenters. The SMILES string of the molecule is [C-]#[N+]c1c(-c2ccccc2)c(C#N)c(-n2c3c(ccc4c5ccccc5sc43)c3ccc4sc5ccccc5c4c32)c(-c2ccccc2)c1-n1c2cccc3c4cccnc4c4cccc1c4c32. The number of thiophene rings is 2. The highest BCUT2D eigenvalue weighted by molar-refractivity contribution is 7.27. The predicted octanol–water partition coefficient (Wildman–Crippen LogP) is 17.5. The van der Waals surface area contributed by atoms with Gasteiger partial charge in [0.1, 0.15) is 6.07 Å². The highest BCUT2D eigenvalue weighted by Crippen LogP contribution is 2.55. The molecule has 15 rings (SSSR count). The maximum absolute atomic E-state index is 12.1. The van der Waals surface area contributed by atoms with Crippen molar-refractivity contribution < 1.29 is 0 Å². The fourth-order valence-electron chi connectivity index (χ4n) is 11.5. The van der Waals surface area contributed by atoms with E-state index in [4.69, 9.17) is 4.98 Å². The summed E-state index contributed by atoms with van der Waals surface area (Å²) in [7, 11) is 0. The third-order valence-corrected chi connectivity index (χ3v) is 16.5. The molecule has 0 fully saturated rings. The number of hydrogen-bond donors (Lipinski definition) is 0. The van der Waals surface area contributed by atoms with E-state index in [2.05, 4.69) is 160 Å². The van der Waals surface area contributed by atoms with Gasteiger partial charge in [-0.15, -0.1) is 22.7 Å². The molecule has 15 aromatic rings. The number of fused-ring (bicyclic) bond motifs is 14. The Hall–Kier alpha value is -8.85. The molecule has 0 aliphatic rings. The average molecular weight is 898 g/mol. The van der Waals surface area contributed by atoms with Crippen LogP contribution in [0.25, 0.3) is 144 Å². The van der Waals surface area contributed by atoms with Crippen LogP contribution in [0.4, 0.5) is 5.69 Å². The van der Waals surface area contributed by atoms with Crippen LogP contribution in [0.15, 0.2) is 188 Å². The van der Waals surface area contributed by atoms with Crippen LogP contribution in [0.3, 0.4) is 0 Å². The second kappa shape index (κ2) is 13.8. The third kappa shape index (κ3) is 4.78. The Bertz CT molecular complexity index is 4660. The molecule has 0 radical (unpaired) electrons. The van der Waals surface area contributed by atoms with Gasteiger partial charge in [-0.2, -0.15) is 5.26 Å². The van der Waals surface area contributed by atoms with Gasteiger partial charge in [-0.25, -0.2) is 4.85 Å². The van der Waals surface area contributed by atoms with Crippen molar-refractivity contribution in [3.8, 4) is 39.7 Å². The molecule has 312 valence electrons. The molecule has 0 atom stereocenters. The van der Waals surface area contributed by atoms with Crippen LogP contribution < -0.4 is 0 Å². The number of nitrogens with zero attached hydrogens (tertiary/aromatic N) is 5. The number of benzene rings is 10. The van der Waals surface area contributed by atoms with E-state index in [-0.39, 0.29) is 0 Å². The monoisotopic (exact) mass is 897 g/mol. The molecule has 10 aromatic carbocycles. The summed E-state index contributed by atoms with van der Waals surface area (Å²) in [5.41, 5.74) is 10.4. The highest BCUT2D eigenvalue weighted by Gasteiger charge is 2.33. The van der Waals surface area contributed by atoms with Gasteiger partial charge in [-0.1, -0.05) is 146 Å². The molecule has 5 aromatic heterocycles. The molecule has 0 saturated carbocycles. The van der Waals surface area contributed by atoms with E-state index in [0.717, 1.165) is 103 Å². The lowest BCUT2D eigenvalue weighted by atomic mass is 9.88. The zero-order chi connectivity index (χ0) is 44.8. The van der Waals surface area contributed by atoms with Crippen LogP contribution in [-0.4, -0.2) is 14.1 Å². The molecule has 0 bridgehead atoms. The number of nitriles is 1. The standard InChI is InChI=1S/C61H31N5S2/c1-63-56-50(34-15-4-2-5-16-34)44(33-62)58(51(35-17-6-3-7-18-35)60(56)65-45-24-12-21-37-38-23-14-32-64-55(38)43-22-13-25-46(65)53(43)52(37)45)66-57-39(30-31-49-54(57)42-20-9-11-27-48(42)67-49)40-28-29-41-36-19-8-10-26-47(36)68-61(41)59(40)66/h2-32H. The molecule has 0 amide bonds. The Morgan fingerprint density at radius 1 is 0.456 bits per heavy atom. The molecule has 5 nitrogen and oxygen atoms in total. The van der Waals surface area contributed by atoms with Gasteiger partial charge in [0.15, 0.2) is 0 Å². The summed E-state index contributed by atoms with van der Waals surface area (Å²) in [4.78, 5) is 9.56. The number of hydrogen-bond acceptors (Lipinski definition) is 4. The normalized spacial score (nSPS) is 12.1. The van der Waals surface area contributed by atoms with Gasteiger partial charge in [0.2, 0.25) is 5.69 Å². The van der Waals surface area contributed by atoms with E-state index < -0.39 is 0 Å². The molecule has 0 aliphatic carbocycles. The lowest BCUT2D eigenvalue weighted by molar-refractivity contribution is 1.14. The topological polar surface area (TPSA) is 50.9 Å². The maximum atomic E-state index is 12.1. The van der Waals surface area contributed by atoms with Crippen LogP contribution in [-0.2, 0) is 0 Å². The van der Waals surface area contributed by atoms with Crippen molar-refractivity contribution >= 4 is 134 Å². The number of pyridine rings is 1. The Balaban J connectivity index is 1.27. The molecule has 0 saturated heterocycles. The first-order chi connectivity index (χ1) is 33.7. The van der Waals surface area contributed by atoms with Gasteiger partial charge in [-0.05, 0) is 52.9 Å². The van der Waals surface area contributed by atoms with Crippen molar-refractivity contribution in [1.82, 2.24) is 14.1 Å². The summed E-state index contributed by atoms with van der Waals surface area (Å²) in [6.45, 7) is 9.37. The minimum absolute atomic E-state index is 0.416. The van der Waals surface area contributed by atoms with Gasteiger partial charge in [0, 0.05) is 85.3 Å². The lowest BCUT2D eigenvalue weighted by Crippen LogP contribution is -2.09. The Labute approximate surface area is 396 Å². The van der Waals surface area contributed by atoms with Crippen molar-refractivity contribution in [2.75, 3.05) is 0 Å². The molecule has 5 heterocycles. The summed E-state index contributed by atoms with van der Waals surface area (Å²) in [6.07, 6.45) is 1.87. The summed E-state index contributed by atoms with van der Waals surface area (Å²) < 4.78 is 9.50. The number of rotatable bonds is 4. The Morgan fingerprint density at radius 3 is 1.81 bits per heavy atom. The third-order valence-electron chi connectivity index (χ3n) is 14.2. The van der Waals surface area contributed by atoms with Crippen molar-refractivity contribution in [2.24, 2.45) is 0 Å². The van der Waals surface area contributed by atoms with E-state index in [1.165, 1.54) is 30.3 Å². The lowest BCUT2D eigenvalue weighted by Gasteiger charge is -2.26. The van der Waals surface area contributed by atoms with Crippen LogP contribution in [0.5, 0.6) is 0 Å². The van der Waals surface area contributed by atoms with Gasteiger partial charge in [0.05, 0.1) is 55.8 Å². The average Bonchev–Trinajstić information content (AvgIpc) is 4.16. The first-order valence-electron chi connectivity index (χ1n) is 22.6. The zero-order valence-electron chi connectivity index (χ0n) is 36.0. The van der Waals surface area contributed by atoms with E-state index >= 15 is 0 Å². The van der Waals surface area contributed by atoms with Crippen LogP contribution >= 0.6 is 22.7 Å². The summed E-state index contributed by atoms with van der Waals surface area (Å²) in [6, 6.07) is 67.0. The first-order valence-corrected chi connectivity index (χ1v) is 24.2. The molecule has 0 aliphatic heterocycles. The molecule has 0 spiro atoms. The molecular weight excluding hydrogens is 867 g/mol. The van der Waals surface area contributed by atoms with E-state index in [9.17, 15) is 11.8 Å². The van der Waals surface area contributed by atoms with Crippen molar-refractivity contribution in [1.29, 1.82) is 5.26 Å². The summed E-state index contributed by atoms with van der Waals surface area (Å²) in [5.74, 6) is 0. The molecular formula is C61H31N5S2. The fraction of sp³-hybridized carbons (Fsp3) is 0. The van der Waals surface area contributed by atoms with E-state index in [1.807, 2.05) is 48.7 Å². The highest BCUT2D eigenvalue weighted by atomic mass is 32.1. The summed E-state index contributed by atoms with van der Waals surface area (Å²) in [5, 5.41) is 24.5. The van der Waals surface area contributed by atoms with Crippen LogP contribution in [0, 0.1) is 17.9 Å². The first kappa shape index (κ1) is 37.4. The smallest absolute Gasteiger partial charge is 0.220 e. The van der Waals surface area contributed by atoms with Crippen molar-refractivity contribution in [3.63, 3.8) is 0 Å². The largest absolute Gasteiger partial charge is 0.318 e. The maximum Gasteiger partial charge on any atom is 0.220 e. The zero-order valence-corrected chi connectivity index (χ0v) is 37.6. The van der Waals surface area contributed by atoms with E-state index in [0.29, 0.717) is 16.8 Å². The minimum Gasteiger partial charge on any atom is -0.318 e. The van der Waals surface area contributed by atoms with Gasteiger partial charge in [0.25, 0.3) is 0 Å².